The van der Waals surface area contributed by atoms with Gasteiger partial charge in [0.2, 0.25) is 11.8 Å². The normalized spacial score (nSPS) is 19.9. The molecular weight excluding hydrogens is 356 g/mol. The van der Waals surface area contributed by atoms with E-state index in [1.165, 1.54) is 12.2 Å². The van der Waals surface area contributed by atoms with Crippen molar-refractivity contribution in [3.63, 3.8) is 0 Å². The first-order chi connectivity index (χ1) is 13.5. The van der Waals surface area contributed by atoms with Crippen LogP contribution < -0.4 is 10.6 Å². The molecule has 0 spiro atoms. The van der Waals surface area contributed by atoms with Gasteiger partial charge in [0.05, 0.1) is 0 Å². The molecule has 0 unspecified atom stereocenters. The lowest BCUT2D eigenvalue weighted by atomic mass is 9.91. The van der Waals surface area contributed by atoms with E-state index in [1.54, 1.807) is 12.2 Å². The van der Waals surface area contributed by atoms with E-state index in [9.17, 15) is 9.59 Å². The summed E-state index contributed by atoms with van der Waals surface area (Å²) in [6, 6.07) is 7.63. The van der Waals surface area contributed by atoms with E-state index in [-0.39, 0.29) is 23.9 Å². The minimum atomic E-state index is -0.127. The molecule has 2 amide bonds. The number of aryl methyl sites for hydroxylation is 2. The van der Waals surface area contributed by atoms with Crippen molar-refractivity contribution in [2.24, 2.45) is 0 Å². The van der Waals surface area contributed by atoms with Crippen LogP contribution in [0.4, 0.5) is 0 Å². The Balaban J connectivity index is 1.38. The Hall–Kier alpha value is -3.02. The van der Waals surface area contributed by atoms with Crippen LogP contribution in [0.1, 0.15) is 48.7 Å². The predicted molar refractivity (Wildman–Crippen MR) is 107 cm³/mol. The molecule has 1 fully saturated rings. The molecule has 0 aromatic carbocycles. The molecule has 1 aliphatic carbocycles. The number of hydrogen-bond donors (Lipinski definition) is 2. The summed E-state index contributed by atoms with van der Waals surface area (Å²) in [6.45, 7) is 3.73. The summed E-state index contributed by atoms with van der Waals surface area (Å²) in [5.74, 6) is 2.70. The van der Waals surface area contributed by atoms with Gasteiger partial charge in [0, 0.05) is 24.2 Å². The molecule has 0 aliphatic heterocycles. The average Bonchev–Trinajstić information content (AvgIpc) is 3.28. The Morgan fingerprint density at radius 2 is 1.18 bits per heavy atom. The molecule has 1 saturated carbocycles. The van der Waals surface area contributed by atoms with E-state index in [1.807, 2.05) is 38.1 Å². The van der Waals surface area contributed by atoms with Crippen molar-refractivity contribution >= 4 is 24.0 Å². The second kappa shape index (κ2) is 9.26. The summed E-state index contributed by atoms with van der Waals surface area (Å²) in [5.41, 5.74) is 0. The fourth-order valence-electron chi connectivity index (χ4n) is 3.28. The van der Waals surface area contributed by atoms with Crippen LogP contribution in [0.15, 0.2) is 45.3 Å². The van der Waals surface area contributed by atoms with Gasteiger partial charge in [0.25, 0.3) is 0 Å². The Kier molecular flexibility index (Phi) is 6.53. The van der Waals surface area contributed by atoms with Gasteiger partial charge in [-0.15, -0.1) is 0 Å². The smallest absolute Gasteiger partial charge is 0.244 e. The van der Waals surface area contributed by atoms with Gasteiger partial charge in [-0.2, -0.15) is 0 Å². The fourth-order valence-corrected chi connectivity index (χ4v) is 3.28. The van der Waals surface area contributed by atoms with Crippen LogP contribution >= 0.6 is 0 Å². The topological polar surface area (TPSA) is 84.5 Å². The number of amides is 2. The first-order valence-corrected chi connectivity index (χ1v) is 9.58. The average molecular weight is 382 g/mol. The van der Waals surface area contributed by atoms with Crippen molar-refractivity contribution in [3.05, 3.63) is 59.5 Å². The summed E-state index contributed by atoms with van der Waals surface area (Å²) in [7, 11) is 0. The highest BCUT2D eigenvalue weighted by Gasteiger charge is 2.22. The zero-order valence-electron chi connectivity index (χ0n) is 16.2. The first-order valence-electron chi connectivity index (χ1n) is 9.58. The largest absolute Gasteiger partial charge is 0.462 e. The standard InChI is InChI=1S/C22H26N2O4/c1-15-3-9-19(27-15)11-13-21(25)23-17-5-7-18(8-6-17)24-22(26)14-12-20-10-4-16(2)28-20/h3-4,9-14,17-18H,5-8H2,1-2H3,(H,23,25)(H,24,26)/b13-11+,14-12+. The van der Waals surface area contributed by atoms with Crippen molar-refractivity contribution in [3.8, 4) is 0 Å². The van der Waals surface area contributed by atoms with Crippen LogP contribution in [0.5, 0.6) is 0 Å². The molecule has 2 N–H and O–H groups in total. The molecule has 2 aromatic rings. The van der Waals surface area contributed by atoms with Gasteiger partial charge < -0.3 is 19.5 Å². The molecule has 3 rings (SSSR count). The maximum absolute atomic E-state index is 12.0. The third kappa shape index (κ3) is 6.01. The van der Waals surface area contributed by atoms with Gasteiger partial charge in [-0.3, -0.25) is 9.59 Å². The number of rotatable bonds is 6. The lowest BCUT2D eigenvalue weighted by Gasteiger charge is -2.29. The second-order valence-electron chi connectivity index (χ2n) is 7.13. The van der Waals surface area contributed by atoms with E-state index in [2.05, 4.69) is 10.6 Å². The summed E-state index contributed by atoms with van der Waals surface area (Å²) >= 11 is 0. The van der Waals surface area contributed by atoms with Crippen LogP contribution in [0.3, 0.4) is 0 Å². The van der Waals surface area contributed by atoms with Gasteiger partial charge >= 0.3 is 0 Å². The zero-order chi connectivity index (χ0) is 19.9. The summed E-state index contributed by atoms with van der Waals surface area (Å²) in [6.07, 6.45) is 9.68. The monoisotopic (exact) mass is 382 g/mol. The Morgan fingerprint density at radius 3 is 1.50 bits per heavy atom. The molecule has 2 heterocycles. The van der Waals surface area contributed by atoms with Crippen molar-refractivity contribution in [2.45, 2.75) is 51.6 Å². The van der Waals surface area contributed by atoms with Gasteiger partial charge in [0.1, 0.15) is 23.0 Å². The highest BCUT2D eigenvalue weighted by Crippen LogP contribution is 2.19. The van der Waals surface area contributed by atoms with E-state index >= 15 is 0 Å². The minimum Gasteiger partial charge on any atom is -0.462 e. The van der Waals surface area contributed by atoms with Crippen molar-refractivity contribution < 1.29 is 18.4 Å². The van der Waals surface area contributed by atoms with E-state index < -0.39 is 0 Å². The van der Waals surface area contributed by atoms with E-state index in [4.69, 9.17) is 8.83 Å². The van der Waals surface area contributed by atoms with Gasteiger partial charge in [-0.05, 0) is 75.9 Å². The van der Waals surface area contributed by atoms with Crippen molar-refractivity contribution in [1.82, 2.24) is 10.6 Å². The number of hydrogen-bond acceptors (Lipinski definition) is 4. The number of nitrogens with one attached hydrogen (secondary N) is 2. The third-order valence-corrected chi connectivity index (χ3v) is 4.74. The quantitative estimate of drug-likeness (QED) is 0.745. The molecule has 0 atom stereocenters. The zero-order valence-corrected chi connectivity index (χ0v) is 16.2. The Labute approximate surface area is 164 Å². The fraction of sp³-hybridized carbons (Fsp3) is 0.364. The summed E-state index contributed by atoms with van der Waals surface area (Å²) < 4.78 is 10.8. The molecule has 1 aliphatic rings. The third-order valence-electron chi connectivity index (χ3n) is 4.74. The summed E-state index contributed by atoms with van der Waals surface area (Å²) in [5, 5.41) is 6.02. The van der Waals surface area contributed by atoms with Crippen LogP contribution in [0, 0.1) is 13.8 Å². The maximum atomic E-state index is 12.0. The van der Waals surface area contributed by atoms with E-state index in [0.29, 0.717) is 11.5 Å². The van der Waals surface area contributed by atoms with Crippen LogP contribution in [0.25, 0.3) is 12.2 Å². The predicted octanol–water partition coefficient (Wildman–Crippen LogP) is 3.76. The van der Waals surface area contributed by atoms with Gasteiger partial charge in [-0.1, -0.05) is 0 Å². The number of carbonyl (C=O) groups is 2. The van der Waals surface area contributed by atoms with Gasteiger partial charge in [-0.25, -0.2) is 0 Å². The number of carbonyl (C=O) groups excluding carboxylic acids is 2. The second-order valence-corrected chi connectivity index (χ2v) is 7.13. The van der Waals surface area contributed by atoms with Crippen LogP contribution in [-0.4, -0.2) is 23.9 Å². The molecule has 0 saturated heterocycles. The van der Waals surface area contributed by atoms with E-state index in [0.717, 1.165) is 37.2 Å². The molecule has 148 valence electrons. The number of furan rings is 2. The molecule has 2 aromatic heterocycles. The Bertz CT molecular complexity index is 794. The van der Waals surface area contributed by atoms with Crippen molar-refractivity contribution in [2.75, 3.05) is 0 Å². The van der Waals surface area contributed by atoms with Crippen molar-refractivity contribution in [1.29, 1.82) is 0 Å². The molecule has 0 bridgehead atoms. The lowest BCUT2D eigenvalue weighted by Crippen LogP contribution is -2.43. The highest BCUT2D eigenvalue weighted by atomic mass is 16.3. The Morgan fingerprint density at radius 1 is 0.786 bits per heavy atom. The molecular formula is C22H26N2O4. The minimum absolute atomic E-state index is 0.127. The molecule has 6 heteroatoms. The first kappa shape index (κ1) is 19.7. The maximum Gasteiger partial charge on any atom is 0.244 e. The van der Waals surface area contributed by atoms with Crippen LogP contribution in [0.2, 0.25) is 0 Å². The highest BCUT2D eigenvalue weighted by molar-refractivity contribution is 5.92. The van der Waals surface area contributed by atoms with Crippen LogP contribution in [-0.2, 0) is 9.59 Å². The molecule has 28 heavy (non-hydrogen) atoms. The molecule has 6 nitrogen and oxygen atoms in total. The lowest BCUT2D eigenvalue weighted by molar-refractivity contribution is -0.118. The summed E-state index contributed by atoms with van der Waals surface area (Å²) in [4.78, 5) is 24.1. The van der Waals surface area contributed by atoms with Gasteiger partial charge in [0.15, 0.2) is 0 Å². The SMILES string of the molecule is Cc1ccc(/C=C/C(=O)NC2CCC(NC(=O)/C=C/c3ccc(C)o3)CC2)o1. The molecule has 0 radical (unpaired) electrons.